The molecule has 0 aromatic carbocycles. The zero-order chi connectivity index (χ0) is 28.1. The maximum Gasteiger partial charge on any atom is 0.164 e. The van der Waals surface area contributed by atoms with E-state index in [9.17, 15) is 35.1 Å². The number of aliphatic hydroxyl groups is 5. The van der Waals surface area contributed by atoms with Gasteiger partial charge in [0.1, 0.15) is 11.4 Å². The maximum absolute atomic E-state index is 14.2. The Morgan fingerprint density at radius 3 is 2.16 bits per heavy atom. The van der Waals surface area contributed by atoms with Gasteiger partial charge in [0, 0.05) is 29.6 Å². The van der Waals surface area contributed by atoms with E-state index in [2.05, 4.69) is 13.0 Å². The van der Waals surface area contributed by atoms with Crippen molar-refractivity contribution in [1.29, 1.82) is 0 Å². The van der Waals surface area contributed by atoms with Crippen LogP contribution in [0.2, 0.25) is 0 Å². The van der Waals surface area contributed by atoms with Crippen molar-refractivity contribution in [2.45, 2.75) is 123 Å². The number of ketones is 2. The standard InChI is InChI=1S/C30H48O7/c1-25(2,36)12-11-21(33)30(8,37)23-19(32)14-27(5)20-10-9-16-17(13-18(31)24(35)26(16,3)4)29(20,7)22(34)15-28(23,27)6/h9,17-20,23-24,31-32,35-37H,10-15H2,1-8H3/t17-,18-,19+,20-,23+,24+,27-,28+,29-,30-/m0/s1. The summed E-state index contributed by atoms with van der Waals surface area (Å²) >= 11 is 0. The molecule has 0 aromatic heterocycles. The Kier molecular flexibility index (Phi) is 6.59. The molecule has 210 valence electrons. The van der Waals surface area contributed by atoms with Gasteiger partial charge in [-0.05, 0) is 69.1 Å². The van der Waals surface area contributed by atoms with Crippen LogP contribution in [-0.2, 0) is 9.59 Å². The Morgan fingerprint density at radius 1 is 1.00 bits per heavy atom. The average Bonchev–Trinajstić information content (AvgIpc) is 2.96. The smallest absolute Gasteiger partial charge is 0.164 e. The molecule has 0 heterocycles. The fraction of sp³-hybridized carbons (Fsp3) is 0.867. The molecule has 0 aliphatic heterocycles. The van der Waals surface area contributed by atoms with Crippen molar-refractivity contribution in [3.05, 3.63) is 11.6 Å². The molecule has 4 rings (SSSR count). The number of carbonyl (C=O) groups is 2. The summed E-state index contributed by atoms with van der Waals surface area (Å²) in [5.74, 6) is -1.60. The molecule has 0 amide bonds. The molecule has 3 saturated carbocycles. The fourth-order valence-corrected chi connectivity index (χ4v) is 9.40. The Balaban J connectivity index is 1.76. The van der Waals surface area contributed by atoms with Crippen molar-refractivity contribution in [3.63, 3.8) is 0 Å². The molecule has 37 heavy (non-hydrogen) atoms. The number of hydrogen-bond acceptors (Lipinski definition) is 7. The third-order valence-corrected chi connectivity index (χ3v) is 11.8. The lowest BCUT2D eigenvalue weighted by molar-refractivity contribution is -0.188. The van der Waals surface area contributed by atoms with Crippen LogP contribution in [0.1, 0.15) is 93.9 Å². The summed E-state index contributed by atoms with van der Waals surface area (Å²) in [5.41, 5.74) is -4.71. The molecule has 4 aliphatic rings. The van der Waals surface area contributed by atoms with E-state index in [-0.39, 0.29) is 36.9 Å². The third kappa shape index (κ3) is 3.86. The predicted octanol–water partition coefficient (Wildman–Crippen LogP) is 2.94. The number of hydrogen-bond donors (Lipinski definition) is 5. The van der Waals surface area contributed by atoms with Crippen LogP contribution in [0.4, 0.5) is 0 Å². The summed E-state index contributed by atoms with van der Waals surface area (Å²) in [4.78, 5) is 27.5. The molecule has 7 heteroatoms. The average molecular weight is 521 g/mol. The molecule has 5 N–H and O–H groups in total. The lowest BCUT2D eigenvalue weighted by Gasteiger charge is -2.65. The molecular formula is C30H48O7. The Labute approximate surface area is 221 Å². The van der Waals surface area contributed by atoms with E-state index in [0.29, 0.717) is 19.3 Å². The molecule has 0 unspecified atom stereocenters. The van der Waals surface area contributed by atoms with Gasteiger partial charge in [0.15, 0.2) is 5.78 Å². The summed E-state index contributed by atoms with van der Waals surface area (Å²) in [7, 11) is 0. The Morgan fingerprint density at radius 2 is 1.59 bits per heavy atom. The number of aliphatic hydroxyl groups excluding tert-OH is 3. The van der Waals surface area contributed by atoms with E-state index in [0.717, 1.165) is 5.57 Å². The second kappa shape index (κ2) is 8.44. The van der Waals surface area contributed by atoms with Crippen LogP contribution in [0.15, 0.2) is 11.6 Å². The van der Waals surface area contributed by atoms with Crippen LogP contribution >= 0.6 is 0 Å². The molecule has 0 bridgehead atoms. The fourth-order valence-electron chi connectivity index (χ4n) is 9.40. The SMILES string of the molecule is CC(C)(O)CCC(=O)[C@](C)(O)[C@@H]1[C@H](O)C[C@@]2(C)[C@@H]3CC=C4[C@H](C[C@H](O)[C@@H](O)C4(C)C)[C@]3(C)C(=O)C[C@]12C. The van der Waals surface area contributed by atoms with Gasteiger partial charge in [-0.3, -0.25) is 9.59 Å². The molecule has 0 saturated heterocycles. The molecule has 4 aliphatic carbocycles. The predicted molar refractivity (Wildman–Crippen MR) is 139 cm³/mol. The van der Waals surface area contributed by atoms with E-state index < -0.39 is 62.9 Å². The zero-order valence-corrected chi connectivity index (χ0v) is 23.8. The van der Waals surface area contributed by atoms with Gasteiger partial charge in [0.05, 0.1) is 23.9 Å². The first-order valence-electron chi connectivity index (χ1n) is 13.9. The van der Waals surface area contributed by atoms with Crippen molar-refractivity contribution in [1.82, 2.24) is 0 Å². The summed E-state index contributed by atoms with van der Waals surface area (Å²) in [6, 6.07) is 0. The van der Waals surface area contributed by atoms with Crippen molar-refractivity contribution in [2.24, 2.45) is 39.4 Å². The van der Waals surface area contributed by atoms with Gasteiger partial charge in [-0.25, -0.2) is 0 Å². The van der Waals surface area contributed by atoms with Gasteiger partial charge in [-0.15, -0.1) is 0 Å². The quantitative estimate of drug-likeness (QED) is 0.352. The largest absolute Gasteiger partial charge is 0.393 e. The van der Waals surface area contributed by atoms with Gasteiger partial charge in [-0.1, -0.05) is 46.3 Å². The first-order valence-corrected chi connectivity index (χ1v) is 13.9. The van der Waals surface area contributed by atoms with E-state index >= 15 is 0 Å². The second-order valence-corrected chi connectivity index (χ2v) is 14.8. The number of allylic oxidation sites excluding steroid dienone is 1. The van der Waals surface area contributed by atoms with Crippen LogP contribution in [0.5, 0.6) is 0 Å². The number of Topliss-reactive ketones (excluding diaryl/α,β-unsaturated/α-hetero) is 2. The Hall–Kier alpha value is -1.12. The first-order chi connectivity index (χ1) is 16.7. The van der Waals surface area contributed by atoms with Crippen LogP contribution in [-0.4, -0.2) is 66.6 Å². The van der Waals surface area contributed by atoms with Crippen molar-refractivity contribution in [3.8, 4) is 0 Å². The van der Waals surface area contributed by atoms with Crippen molar-refractivity contribution >= 4 is 11.6 Å². The first kappa shape index (κ1) is 28.9. The minimum absolute atomic E-state index is 0.0227. The van der Waals surface area contributed by atoms with E-state index in [4.69, 9.17) is 0 Å². The normalized spacial score (nSPS) is 46.8. The topological polar surface area (TPSA) is 135 Å². The van der Waals surface area contributed by atoms with Crippen LogP contribution < -0.4 is 0 Å². The monoisotopic (exact) mass is 520 g/mol. The van der Waals surface area contributed by atoms with Crippen LogP contribution in [0.25, 0.3) is 0 Å². The van der Waals surface area contributed by atoms with E-state index in [1.54, 1.807) is 13.8 Å². The van der Waals surface area contributed by atoms with Crippen LogP contribution in [0, 0.1) is 39.4 Å². The molecule has 10 atom stereocenters. The van der Waals surface area contributed by atoms with E-state index in [1.165, 1.54) is 6.92 Å². The van der Waals surface area contributed by atoms with Gasteiger partial charge in [0.25, 0.3) is 0 Å². The zero-order valence-electron chi connectivity index (χ0n) is 23.8. The summed E-state index contributed by atoms with van der Waals surface area (Å²) in [5, 5.41) is 54.8. The van der Waals surface area contributed by atoms with Crippen LogP contribution in [0.3, 0.4) is 0 Å². The minimum atomic E-state index is -1.85. The summed E-state index contributed by atoms with van der Waals surface area (Å²) in [6.07, 6.45) is 0.895. The van der Waals surface area contributed by atoms with Gasteiger partial charge in [0.2, 0.25) is 0 Å². The van der Waals surface area contributed by atoms with Crippen molar-refractivity contribution < 1.29 is 35.1 Å². The molecule has 0 aromatic rings. The lowest BCUT2D eigenvalue weighted by atomic mass is 9.38. The summed E-state index contributed by atoms with van der Waals surface area (Å²) < 4.78 is 0. The highest BCUT2D eigenvalue weighted by Gasteiger charge is 2.74. The maximum atomic E-state index is 14.2. The molecule has 3 fully saturated rings. The van der Waals surface area contributed by atoms with E-state index in [1.807, 2.05) is 27.7 Å². The van der Waals surface area contributed by atoms with Gasteiger partial charge in [-0.2, -0.15) is 0 Å². The highest BCUT2D eigenvalue weighted by atomic mass is 16.3. The van der Waals surface area contributed by atoms with Gasteiger partial charge >= 0.3 is 0 Å². The summed E-state index contributed by atoms with van der Waals surface area (Å²) in [6.45, 7) is 14.6. The number of carbonyl (C=O) groups excluding carboxylic acids is 2. The lowest BCUT2D eigenvalue weighted by Crippen LogP contribution is -2.65. The molecule has 7 nitrogen and oxygen atoms in total. The Bertz CT molecular complexity index is 1010. The highest BCUT2D eigenvalue weighted by Crippen LogP contribution is 2.74. The molecule has 0 spiro atoms. The number of fused-ring (bicyclic) bond motifs is 5. The minimum Gasteiger partial charge on any atom is -0.393 e. The number of rotatable bonds is 5. The van der Waals surface area contributed by atoms with Gasteiger partial charge < -0.3 is 25.5 Å². The highest BCUT2D eigenvalue weighted by molar-refractivity contribution is 5.90. The van der Waals surface area contributed by atoms with Crippen molar-refractivity contribution in [2.75, 3.05) is 0 Å². The molecule has 0 radical (unpaired) electrons. The second-order valence-electron chi connectivity index (χ2n) is 14.8. The molecular weight excluding hydrogens is 472 g/mol. The third-order valence-electron chi connectivity index (χ3n) is 11.8.